The van der Waals surface area contributed by atoms with Gasteiger partial charge in [-0.15, -0.1) is 5.10 Å². The lowest BCUT2D eigenvalue weighted by molar-refractivity contribution is 0.0683. The molecule has 1 aliphatic rings. The normalized spacial score (nSPS) is 15.4. The molecule has 0 saturated carbocycles. The van der Waals surface area contributed by atoms with Crippen molar-refractivity contribution in [3.8, 4) is 11.4 Å². The maximum Gasteiger partial charge on any atom is 0.274 e. The van der Waals surface area contributed by atoms with E-state index in [-0.39, 0.29) is 11.9 Å². The van der Waals surface area contributed by atoms with Crippen molar-refractivity contribution < 1.29 is 4.79 Å². The lowest BCUT2D eigenvalue weighted by Gasteiger charge is -2.31. The second-order valence-electron chi connectivity index (χ2n) is 7.19. The van der Waals surface area contributed by atoms with Gasteiger partial charge in [0.25, 0.3) is 5.91 Å². The number of rotatable bonds is 4. The molecule has 0 radical (unpaired) electrons. The lowest BCUT2D eigenvalue weighted by Crippen LogP contribution is -2.39. The molecule has 0 aromatic carbocycles. The van der Waals surface area contributed by atoms with E-state index in [1.165, 1.54) is 0 Å². The van der Waals surface area contributed by atoms with E-state index in [9.17, 15) is 4.79 Å². The summed E-state index contributed by atoms with van der Waals surface area (Å²) in [5.74, 6) is 0.315. The number of nitrogens with zero attached hydrogens (tertiary/aromatic N) is 6. The first-order valence-corrected chi connectivity index (χ1v) is 9.29. The standard InChI is InChI=1S/C19H23N7O/c1-13(2)16-11-17(22-21-16)19(27)25-9-6-14(7-10-25)26-12-18(23-24-26)15-5-3-4-8-20-15/h3-5,8,11-14H,6-7,9-10H2,1-2H3,(H,21,22). The zero-order valence-electron chi connectivity index (χ0n) is 15.5. The average Bonchev–Trinajstić information content (AvgIpc) is 3.38. The number of H-pyrrole nitrogens is 1. The molecule has 3 aromatic rings. The van der Waals surface area contributed by atoms with E-state index < -0.39 is 0 Å². The first-order valence-electron chi connectivity index (χ1n) is 9.29. The number of likely N-dealkylation sites (tertiary alicyclic amines) is 1. The fourth-order valence-electron chi connectivity index (χ4n) is 3.32. The molecule has 1 N–H and O–H groups in total. The third kappa shape index (κ3) is 3.60. The van der Waals surface area contributed by atoms with E-state index in [0.29, 0.717) is 24.7 Å². The molecule has 0 bridgehead atoms. The van der Waals surface area contributed by atoms with Crippen molar-refractivity contribution >= 4 is 5.91 Å². The minimum atomic E-state index is -0.00985. The zero-order valence-corrected chi connectivity index (χ0v) is 15.5. The van der Waals surface area contributed by atoms with E-state index in [4.69, 9.17) is 0 Å². The summed E-state index contributed by atoms with van der Waals surface area (Å²) < 4.78 is 1.90. The number of nitrogens with one attached hydrogen (secondary N) is 1. The van der Waals surface area contributed by atoms with Gasteiger partial charge in [0.15, 0.2) is 0 Å². The first kappa shape index (κ1) is 17.4. The van der Waals surface area contributed by atoms with Crippen molar-refractivity contribution in [3.05, 3.63) is 48.0 Å². The number of pyridine rings is 1. The molecule has 4 heterocycles. The van der Waals surface area contributed by atoms with E-state index >= 15 is 0 Å². The van der Waals surface area contributed by atoms with Crippen LogP contribution in [0.4, 0.5) is 0 Å². The molecular weight excluding hydrogens is 342 g/mol. The van der Waals surface area contributed by atoms with Crippen molar-refractivity contribution in [3.63, 3.8) is 0 Å². The van der Waals surface area contributed by atoms with E-state index in [2.05, 4.69) is 39.3 Å². The van der Waals surface area contributed by atoms with Crippen molar-refractivity contribution in [1.82, 2.24) is 35.1 Å². The summed E-state index contributed by atoms with van der Waals surface area (Å²) >= 11 is 0. The molecule has 8 nitrogen and oxygen atoms in total. The molecule has 8 heteroatoms. The Morgan fingerprint density at radius 1 is 1.22 bits per heavy atom. The zero-order chi connectivity index (χ0) is 18.8. The van der Waals surface area contributed by atoms with Gasteiger partial charge in [0.05, 0.1) is 17.9 Å². The molecule has 1 amide bonds. The molecular formula is C19H23N7O. The monoisotopic (exact) mass is 365 g/mol. The van der Waals surface area contributed by atoms with Crippen LogP contribution in [0.1, 0.15) is 54.8 Å². The summed E-state index contributed by atoms with van der Waals surface area (Å²) in [4.78, 5) is 18.8. The number of piperidine rings is 1. The lowest BCUT2D eigenvalue weighted by atomic mass is 10.0. The SMILES string of the molecule is CC(C)c1cc(C(=O)N2CCC(n3cc(-c4ccccn4)nn3)CC2)n[nH]1. The van der Waals surface area contributed by atoms with Crippen LogP contribution in [0, 0.1) is 0 Å². The summed E-state index contributed by atoms with van der Waals surface area (Å²) in [5, 5.41) is 15.6. The molecule has 1 fully saturated rings. The Hall–Kier alpha value is -3.03. The number of aromatic nitrogens is 6. The highest BCUT2D eigenvalue weighted by atomic mass is 16.2. The predicted octanol–water partition coefficient (Wildman–Crippen LogP) is 2.66. The summed E-state index contributed by atoms with van der Waals surface area (Å²) in [6.07, 6.45) is 5.38. The summed E-state index contributed by atoms with van der Waals surface area (Å²) in [7, 11) is 0. The molecule has 140 valence electrons. The summed E-state index contributed by atoms with van der Waals surface area (Å²) in [6, 6.07) is 7.83. The Bertz CT molecular complexity index is 907. The molecule has 0 aliphatic carbocycles. The van der Waals surface area contributed by atoms with Crippen LogP contribution in [0.15, 0.2) is 36.7 Å². The second kappa shape index (κ2) is 7.30. The molecule has 1 aliphatic heterocycles. The van der Waals surface area contributed by atoms with E-state index in [1.54, 1.807) is 6.20 Å². The van der Waals surface area contributed by atoms with Crippen LogP contribution in [0.25, 0.3) is 11.4 Å². The predicted molar refractivity (Wildman–Crippen MR) is 100 cm³/mol. The van der Waals surface area contributed by atoms with E-state index in [0.717, 1.165) is 29.9 Å². The highest BCUT2D eigenvalue weighted by Crippen LogP contribution is 2.24. The molecule has 3 aromatic heterocycles. The average molecular weight is 365 g/mol. The van der Waals surface area contributed by atoms with Crippen molar-refractivity contribution in [2.45, 2.75) is 38.6 Å². The van der Waals surface area contributed by atoms with Crippen LogP contribution in [0.5, 0.6) is 0 Å². The molecule has 4 rings (SSSR count). The molecule has 0 spiro atoms. The van der Waals surface area contributed by atoms with Gasteiger partial charge >= 0.3 is 0 Å². The summed E-state index contributed by atoms with van der Waals surface area (Å²) in [5.41, 5.74) is 3.07. The van der Waals surface area contributed by atoms with Crippen LogP contribution in [0.2, 0.25) is 0 Å². The van der Waals surface area contributed by atoms with Gasteiger partial charge in [-0.1, -0.05) is 25.1 Å². The Balaban J connectivity index is 1.39. The second-order valence-corrected chi connectivity index (χ2v) is 7.19. The third-order valence-corrected chi connectivity index (χ3v) is 5.00. The molecule has 1 saturated heterocycles. The van der Waals surface area contributed by atoms with Gasteiger partial charge in [0, 0.05) is 25.0 Å². The van der Waals surface area contributed by atoms with Gasteiger partial charge in [-0.25, -0.2) is 4.68 Å². The minimum Gasteiger partial charge on any atom is -0.337 e. The van der Waals surface area contributed by atoms with Crippen molar-refractivity contribution in [2.75, 3.05) is 13.1 Å². The Labute approximate surface area is 157 Å². The highest BCUT2D eigenvalue weighted by Gasteiger charge is 2.27. The number of hydrogen-bond acceptors (Lipinski definition) is 5. The number of carbonyl (C=O) groups is 1. The number of hydrogen-bond donors (Lipinski definition) is 1. The van der Waals surface area contributed by atoms with Gasteiger partial charge < -0.3 is 4.90 Å². The van der Waals surface area contributed by atoms with Crippen LogP contribution in [0.3, 0.4) is 0 Å². The van der Waals surface area contributed by atoms with Crippen LogP contribution < -0.4 is 0 Å². The van der Waals surface area contributed by atoms with Crippen LogP contribution in [-0.4, -0.2) is 54.1 Å². The largest absolute Gasteiger partial charge is 0.337 e. The van der Waals surface area contributed by atoms with Gasteiger partial charge in [-0.05, 0) is 37.0 Å². The van der Waals surface area contributed by atoms with Gasteiger partial charge in [0.2, 0.25) is 0 Å². The molecule has 0 unspecified atom stereocenters. The number of carbonyl (C=O) groups excluding carboxylic acids is 1. The third-order valence-electron chi connectivity index (χ3n) is 5.00. The molecule has 27 heavy (non-hydrogen) atoms. The quantitative estimate of drug-likeness (QED) is 0.767. The Morgan fingerprint density at radius 3 is 2.70 bits per heavy atom. The highest BCUT2D eigenvalue weighted by molar-refractivity contribution is 5.92. The smallest absolute Gasteiger partial charge is 0.274 e. The Morgan fingerprint density at radius 2 is 2.04 bits per heavy atom. The van der Waals surface area contributed by atoms with Gasteiger partial charge in [-0.3, -0.25) is 14.9 Å². The van der Waals surface area contributed by atoms with Crippen LogP contribution in [-0.2, 0) is 0 Å². The fraction of sp³-hybridized carbons (Fsp3) is 0.421. The maximum absolute atomic E-state index is 12.7. The Kier molecular flexibility index (Phi) is 4.70. The van der Waals surface area contributed by atoms with Crippen molar-refractivity contribution in [1.29, 1.82) is 0 Å². The number of aromatic amines is 1. The first-order chi connectivity index (χ1) is 13.1. The minimum absolute atomic E-state index is 0.00985. The topological polar surface area (TPSA) is 92.6 Å². The van der Waals surface area contributed by atoms with Crippen molar-refractivity contribution in [2.24, 2.45) is 0 Å². The van der Waals surface area contributed by atoms with E-state index in [1.807, 2.05) is 40.0 Å². The summed E-state index contributed by atoms with van der Waals surface area (Å²) in [6.45, 7) is 5.52. The van der Waals surface area contributed by atoms with Crippen LogP contribution >= 0.6 is 0 Å². The van der Waals surface area contributed by atoms with Gasteiger partial charge in [0.1, 0.15) is 11.4 Å². The van der Waals surface area contributed by atoms with Gasteiger partial charge in [-0.2, -0.15) is 5.10 Å². The fourth-order valence-corrected chi connectivity index (χ4v) is 3.32. The number of amides is 1. The molecule has 0 atom stereocenters. The maximum atomic E-state index is 12.7.